The van der Waals surface area contributed by atoms with Gasteiger partial charge in [0.15, 0.2) is 17.7 Å². The maximum atomic E-state index is 12.4. The number of non-ortho nitro benzene ring substituents is 1. The second-order valence-electron chi connectivity index (χ2n) is 9.94. The molecule has 16 heteroatoms. The fraction of sp³-hybridized carbons (Fsp3) is 0.258. The van der Waals surface area contributed by atoms with Crippen LogP contribution in [0, 0.1) is 10.1 Å². The lowest BCUT2D eigenvalue weighted by atomic mass is 9.95. The minimum absolute atomic E-state index is 0.0179. The molecule has 0 unspecified atom stereocenters. The van der Waals surface area contributed by atoms with Crippen LogP contribution in [0.15, 0.2) is 79.9 Å². The molecule has 47 heavy (non-hydrogen) atoms. The van der Waals surface area contributed by atoms with Gasteiger partial charge in [-0.05, 0) is 86.7 Å². The average Bonchev–Trinajstić information content (AvgIpc) is 3.03. The SMILES string of the molecule is CCOc1cc([C@H]2NC(=O)NC(C)=C2C(=O)OC)ccc1OC[C@@H](O)N/N=C\c1cc(Br)c(OCc2cccc([N+](=O)[O-])c2)c(Br)c1. The van der Waals surface area contributed by atoms with Crippen molar-refractivity contribution in [2.75, 3.05) is 20.3 Å². The summed E-state index contributed by atoms with van der Waals surface area (Å²) in [6.07, 6.45) is 0.302. The Kier molecular flexibility index (Phi) is 12.2. The van der Waals surface area contributed by atoms with E-state index in [0.717, 1.165) is 0 Å². The zero-order chi connectivity index (χ0) is 34.1. The third-order valence-electron chi connectivity index (χ3n) is 6.63. The van der Waals surface area contributed by atoms with E-state index in [0.29, 0.717) is 55.2 Å². The minimum atomic E-state index is -1.19. The molecule has 0 saturated carbocycles. The van der Waals surface area contributed by atoms with Gasteiger partial charge in [0.1, 0.15) is 19.0 Å². The average molecular weight is 777 g/mol. The monoisotopic (exact) mass is 775 g/mol. The van der Waals surface area contributed by atoms with Crippen molar-refractivity contribution in [2.45, 2.75) is 32.7 Å². The van der Waals surface area contributed by atoms with Gasteiger partial charge in [-0.3, -0.25) is 15.5 Å². The fourth-order valence-electron chi connectivity index (χ4n) is 4.53. The first-order valence-corrected chi connectivity index (χ1v) is 15.7. The van der Waals surface area contributed by atoms with Crippen LogP contribution in [-0.4, -0.2) is 54.8 Å². The van der Waals surface area contributed by atoms with Crippen molar-refractivity contribution in [1.29, 1.82) is 0 Å². The molecule has 0 fully saturated rings. The minimum Gasteiger partial charge on any atom is -0.490 e. The number of carbonyl (C=O) groups is 2. The number of nitro benzene ring substituents is 1. The number of rotatable bonds is 14. The van der Waals surface area contributed by atoms with E-state index in [-0.39, 0.29) is 24.5 Å². The first-order valence-electron chi connectivity index (χ1n) is 14.1. The van der Waals surface area contributed by atoms with Gasteiger partial charge < -0.3 is 34.7 Å². The molecule has 0 aromatic heterocycles. The molecular formula is C31H31Br2N5O9. The summed E-state index contributed by atoms with van der Waals surface area (Å²) in [4.78, 5) is 35.2. The summed E-state index contributed by atoms with van der Waals surface area (Å²) in [6.45, 7) is 3.65. The molecule has 14 nitrogen and oxygen atoms in total. The molecule has 1 aliphatic heterocycles. The molecule has 248 valence electrons. The summed E-state index contributed by atoms with van der Waals surface area (Å²) >= 11 is 6.95. The van der Waals surface area contributed by atoms with Crippen molar-refractivity contribution < 1.29 is 38.6 Å². The summed E-state index contributed by atoms with van der Waals surface area (Å²) in [5, 5.41) is 30.9. The van der Waals surface area contributed by atoms with Crippen molar-refractivity contribution in [2.24, 2.45) is 5.10 Å². The quantitative estimate of drug-likeness (QED) is 0.0557. The van der Waals surface area contributed by atoms with Crippen LogP contribution < -0.4 is 30.3 Å². The van der Waals surface area contributed by atoms with Crippen LogP contribution in [0.5, 0.6) is 17.2 Å². The highest BCUT2D eigenvalue weighted by molar-refractivity contribution is 9.11. The van der Waals surface area contributed by atoms with Gasteiger partial charge >= 0.3 is 12.0 Å². The number of aliphatic hydroxyl groups excluding tert-OH is 1. The number of urea groups is 1. The Morgan fingerprint density at radius 1 is 1.13 bits per heavy atom. The number of benzene rings is 3. The maximum Gasteiger partial charge on any atom is 0.337 e. The topological polar surface area (TPSA) is 183 Å². The van der Waals surface area contributed by atoms with E-state index in [2.05, 4.69) is 53.0 Å². The highest BCUT2D eigenvalue weighted by Crippen LogP contribution is 2.36. The number of halogens is 2. The Morgan fingerprint density at radius 3 is 2.55 bits per heavy atom. The molecule has 0 radical (unpaired) electrons. The van der Waals surface area contributed by atoms with E-state index in [1.807, 2.05) is 0 Å². The van der Waals surface area contributed by atoms with Gasteiger partial charge in [-0.25, -0.2) is 9.59 Å². The Bertz CT molecular complexity index is 1690. The Hall–Kier alpha value is -4.67. The summed E-state index contributed by atoms with van der Waals surface area (Å²) in [5.74, 6) is 0.587. The van der Waals surface area contributed by atoms with Crippen LogP contribution in [0.3, 0.4) is 0 Å². The Labute approximate surface area is 286 Å². The summed E-state index contributed by atoms with van der Waals surface area (Å²) < 4.78 is 23.5. The molecule has 1 aliphatic rings. The molecule has 0 saturated heterocycles. The number of nitrogens with one attached hydrogen (secondary N) is 3. The van der Waals surface area contributed by atoms with Crippen LogP contribution in [0.25, 0.3) is 0 Å². The number of hydrogen-bond acceptors (Lipinski definition) is 11. The molecule has 3 aromatic rings. The molecule has 0 spiro atoms. The van der Waals surface area contributed by atoms with E-state index in [1.54, 1.807) is 56.3 Å². The number of hydrogen-bond donors (Lipinski definition) is 4. The standard InChI is InChI=1S/C31H31Br2N5O9/c1-4-45-25-13-20(28-27(30(40)44-3)17(2)35-31(41)36-28)8-9-24(25)46-16-26(39)37-34-14-19-11-22(32)29(23(33)12-19)47-15-18-6-5-7-21(10-18)38(42)43/h5-14,26,28,37,39H,4,15-16H2,1-3H3,(H2,35,36,41)/b34-14-/t26-,28-/m1/s1. The lowest BCUT2D eigenvalue weighted by molar-refractivity contribution is -0.384. The van der Waals surface area contributed by atoms with Gasteiger partial charge in [0.05, 0.1) is 45.4 Å². The van der Waals surface area contributed by atoms with Gasteiger partial charge in [-0.2, -0.15) is 5.10 Å². The van der Waals surface area contributed by atoms with Crippen molar-refractivity contribution in [1.82, 2.24) is 16.1 Å². The number of nitrogens with zero attached hydrogens (tertiary/aromatic N) is 2. The molecule has 3 aromatic carbocycles. The van der Waals surface area contributed by atoms with E-state index in [4.69, 9.17) is 18.9 Å². The lowest BCUT2D eigenvalue weighted by Crippen LogP contribution is -2.45. The molecule has 4 N–H and O–H groups in total. The second kappa shape index (κ2) is 16.2. The predicted molar refractivity (Wildman–Crippen MR) is 178 cm³/mol. The number of aliphatic hydroxyl groups is 1. The number of methoxy groups -OCH3 is 1. The number of nitro groups is 1. The van der Waals surface area contributed by atoms with Gasteiger partial charge in [0, 0.05) is 17.8 Å². The van der Waals surface area contributed by atoms with Crippen molar-refractivity contribution in [3.05, 3.63) is 102 Å². The maximum absolute atomic E-state index is 12.4. The molecular weight excluding hydrogens is 746 g/mol. The van der Waals surface area contributed by atoms with Crippen LogP contribution >= 0.6 is 31.9 Å². The summed E-state index contributed by atoms with van der Waals surface area (Å²) in [7, 11) is 1.26. The molecule has 1 heterocycles. The van der Waals surface area contributed by atoms with Gasteiger partial charge in [0.25, 0.3) is 5.69 Å². The van der Waals surface area contributed by atoms with Crippen molar-refractivity contribution in [3.8, 4) is 17.2 Å². The van der Waals surface area contributed by atoms with Crippen LogP contribution in [0.1, 0.15) is 36.6 Å². The fourth-order valence-corrected chi connectivity index (χ4v) is 5.98. The Balaban J connectivity index is 1.37. The highest BCUT2D eigenvalue weighted by atomic mass is 79.9. The highest BCUT2D eigenvalue weighted by Gasteiger charge is 2.32. The van der Waals surface area contributed by atoms with Crippen molar-refractivity contribution >= 4 is 55.8 Å². The molecule has 0 bridgehead atoms. The van der Waals surface area contributed by atoms with E-state index in [1.165, 1.54) is 25.5 Å². The number of allylic oxidation sites excluding steroid dienone is 1. The first-order chi connectivity index (χ1) is 22.5. The third kappa shape index (κ3) is 9.21. The number of ether oxygens (including phenoxy) is 4. The smallest absolute Gasteiger partial charge is 0.337 e. The molecule has 2 atom stereocenters. The number of carbonyl (C=O) groups excluding carboxylic acids is 2. The van der Waals surface area contributed by atoms with Gasteiger partial charge in [-0.15, -0.1) is 0 Å². The van der Waals surface area contributed by atoms with Gasteiger partial charge in [0.2, 0.25) is 0 Å². The zero-order valence-electron chi connectivity index (χ0n) is 25.4. The number of hydrazone groups is 1. The Morgan fingerprint density at radius 2 is 1.87 bits per heavy atom. The number of esters is 1. The summed E-state index contributed by atoms with van der Waals surface area (Å²) in [5.41, 5.74) is 5.08. The van der Waals surface area contributed by atoms with Crippen LogP contribution in [0.2, 0.25) is 0 Å². The molecule has 2 amide bonds. The molecule has 0 aliphatic carbocycles. The third-order valence-corrected chi connectivity index (χ3v) is 7.81. The first kappa shape index (κ1) is 35.2. The molecule has 4 rings (SSSR count). The predicted octanol–water partition coefficient (Wildman–Crippen LogP) is 5.22. The number of amides is 2. The largest absolute Gasteiger partial charge is 0.490 e. The lowest BCUT2D eigenvalue weighted by Gasteiger charge is -2.28. The van der Waals surface area contributed by atoms with E-state index in [9.17, 15) is 24.8 Å². The van der Waals surface area contributed by atoms with Crippen molar-refractivity contribution in [3.63, 3.8) is 0 Å². The summed E-state index contributed by atoms with van der Waals surface area (Å²) in [6, 6.07) is 13.4. The second-order valence-corrected chi connectivity index (χ2v) is 11.7. The van der Waals surface area contributed by atoms with Crippen LogP contribution in [-0.2, 0) is 16.1 Å². The zero-order valence-corrected chi connectivity index (χ0v) is 28.6. The van der Waals surface area contributed by atoms with E-state index < -0.39 is 29.2 Å². The normalized spacial score (nSPS) is 15.0. The van der Waals surface area contributed by atoms with E-state index >= 15 is 0 Å². The van der Waals surface area contributed by atoms with Gasteiger partial charge in [-0.1, -0.05) is 18.2 Å². The van der Waals surface area contributed by atoms with Crippen LogP contribution in [0.4, 0.5) is 10.5 Å².